The summed E-state index contributed by atoms with van der Waals surface area (Å²) >= 11 is 0. The van der Waals surface area contributed by atoms with E-state index in [1.165, 1.54) is 6.20 Å². The van der Waals surface area contributed by atoms with Gasteiger partial charge in [-0.3, -0.25) is 4.79 Å². The standard InChI is InChI=1S/C17H21N3O3/c1-3-23-15-7-5-4-6-14(15)20-17(21)13-8-9-16(19-12-13)18-10-11-22-2/h4-9,12H,3,10-11H2,1-2H3,(H,18,19)(H,20,21). The van der Waals surface area contributed by atoms with Crippen LogP contribution < -0.4 is 15.4 Å². The average Bonchev–Trinajstić information content (AvgIpc) is 2.58. The van der Waals surface area contributed by atoms with Crippen molar-refractivity contribution in [2.24, 2.45) is 0 Å². The van der Waals surface area contributed by atoms with Gasteiger partial charge in [-0.05, 0) is 31.2 Å². The molecule has 1 heterocycles. The molecule has 0 spiro atoms. The number of ether oxygens (including phenoxy) is 2. The summed E-state index contributed by atoms with van der Waals surface area (Å²) in [5, 5.41) is 5.94. The molecule has 0 atom stereocenters. The summed E-state index contributed by atoms with van der Waals surface area (Å²) in [5.41, 5.74) is 1.12. The number of hydrogen-bond donors (Lipinski definition) is 2. The lowest BCUT2D eigenvalue weighted by atomic mass is 10.2. The zero-order chi connectivity index (χ0) is 16.5. The molecule has 0 unspecified atom stereocenters. The average molecular weight is 315 g/mol. The minimum atomic E-state index is -0.229. The van der Waals surface area contributed by atoms with Crippen molar-refractivity contribution in [1.29, 1.82) is 0 Å². The molecule has 1 aromatic carbocycles. The number of para-hydroxylation sites is 2. The van der Waals surface area contributed by atoms with E-state index in [1.807, 2.05) is 25.1 Å². The van der Waals surface area contributed by atoms with Crippen molar-refractivity contribution in [2.45, 2.75) is 6.92 Å². The number of rotatable bonds is 8. The minimum absolute atomic E-state index is 0.229. The zero-order valence-electron chi connectivity index (χ0n) is 13.3. The van der Waals surface area contributed by atoms with Crippen molar-refractivity contribution in [3.05, 3.63) is 48.2 Å². The Labute approximate surface area is 135 Å². The highest BCUT2D eigenvalue weighted by Crippen LogP contribution is 2.24. The summed E-state index contributed by atoms with van der Waals surface area (Å²) in [7, 11) is 1.64. The number of hydrogen-bond acceptors (Lipinski definition) is 5. The molecule has 2 N–H and O–H groups in total. The Morgan fingerprint density at radius 1 is 1.22 bits per heavy atom. The molecular formula is C17H21N3O3. The number of methoxy groups -OCH3 is 1. The molecule has 0 aliphatic heterocycles. The van der Waals surface area contributed by atoms with Crippen molar-refractivity contribution < 1.29 is 14.3 Å². The molecule has 2 rings (SSSR count). The quantitative estimate of drug-likeness (QED) is 0.733. The second kappa shape index (κ2) is 8.75. The van der Waals surface area contributed by atoms with Gasteiger partial charge in [-0.2, -0.15) is 0 Å². The fourth-order valence-electron chi connectivity index (χ4n) is 1.96. The number of aromatic nitrogens is 1. The van der Waals surface area contributed by atoms with Crippen LogP contribution in [0.2, 0.25) is 0 Å². The Morgan fingerprint density at radius 3 is 2.74 bits per heavy atom. The number of carbonyl (C=O) groups is 1. The number of nitrogens with one attached hydrogen (secondary N) is 2. The molecule has 0 radical (unpaired) electrons. The first-order chi connectivity index (χ1) is 11.2. The van der Waals surface area contributed by atoms with E-state index in [1.54, 1.807) is 25.3 Å². The summed E-state index contributed by atoms with van der Waals surface area (Å²) in [4.78, 5) is 16.5. The summed E-state index contributed by atoms with van der Waals surface area (Å²) in [5.74, 6) is 1.12. The highest BCUT2D eigenvalue weighted by molar-refractivity contribution is 6.04. The van der Waals surface area contributed by atoms with E-state index in [-0.39, 0.29) is 5.91 Å². The second-order valence-corrected chi connectivity index (χ2v) is 4.73. The molecule has 0 saturated heterocycles. The monoisotopic (exact) mass is 315 g/mol. The molecule has 0 aliphatic rings. The molecule has 0 fully saturated rings. The Morgan fingerprint density at radius 2 is 2.04 bits per heavy atom. The van der Waals surface area contributed by atoms with Crippen molar-refractivity contribution >= 4 is 17.4 Å². The molecule has 6 nitrogen and oxygen atoms in total. The first-order valence-corrected chi connectivity index (χ1v) is 7.46. The van der Waals surface area contributed by atoms with Gasteiger partial charge in [0, 0.05) is 19.9 Å². The Hall–Kier alpha value is -2.60. The summed E-state index contributed by atoms with van der Waals surface area (Å²) in [6.45, 7) is 3.70. The smallest absolute Gasteiger partial charge is 0.257 e. The molecule has 0 saturated carbocycles. The zero-order valence-corrected chi connectivity index (χ0v) is 13.3. The lowest BCUT2D eigenvalue weighted by Crippen LogP contribution is -2.14. The molecule has 122 valence electrons. The Bertz CT molecular complexity index is 629. The Balaban J connectivity index is 2.00. The van der Waals surface area contributed by atoms with Crippen LogP contribution in [0.25, 0.3) is 0 Å². The highest BCUT2D eigenvalue weighted by Gasteiger charge is 2.10. The number of amides is 1. The fourth-order valence-corrected chi connectivity index (χ4v) is 1.96. The predicted molar refractivity (Wildman–Crippen MR) is 90.2 cm³/mol. The molecule has 23 heavy (non-hydrogen) atoms. The van der Waals surface area contributed by atoms with E-state index in [4.69, 9.17) is 9.47 Å². The van der Waals surface area contributed by atoms with Crippen LogP contribution in [0.4, 0.5) is 11.5 Å². The maximum absolute atomic E-state index is 12.3. The van der Waals surface area contributed by atoms with Gasteiger partial charge in [-0.15, -0.1) is 0 Å². The van der Waals surface area contributed by atoms with E-state index in [0.717, 1.165) is 0 Å². The first kappa shape index (κ1) is 16.8. The third-order valence-electron chi connectivity index (χ3n) is 3.07. The lowest BCUT2D eigenvalue weighted by molar-refractivity contribution is 0.102. The SMILES string of the molecule is CCOc1ccccc1NC(=O)c1ccc(NCCOC)nc1. The Kier molecular flexibility index (Phi) is 6.38. The number of carbonyl (C=O) groups excluding carboxylic acids is 1. The van der Waals surface area contributed by atoms with Gasteiger partial charge >= 0.3 is 0 Å². The molecular weight excluding hydrogens is 294 g/mol. The third-order valence-corrected chi connectivity index (χ3v) is 3.07. The van der Waals surface area contributed by atoms with Crippen molar-refractivity contribution in [2.75, 3.05) is 37.5 Å². The van der Waals surface area contributed by atoms with E-state index in [2.05, 4.69) is 15.6 Å². The van der Waals surface area contributed by atoms with Crippen molar-refractivity contribution in [3.8, 4) is 5.75 Å². The summed E-state index contributed by atoms with van der Waals surface area (Å²) < 4.78 is 10.5. The summed E-state index contributed by atoms with van der Waals surface area (Å²) in [6.07, 6.45) is 1.54. The van der Waals surface area contributed by atoms with Gasteiger partial charge in [0.2, 0.25) is 0 Å². The van der Waals surface area contributed by atoms with Crippen molar-refractivity contribution in [1.82, 2.24) is 4.98 Å². The van der Waals surface area contributed by atoms with Gasteiger partial charge in [-0.1, -0.05) is 12.1 Å². The van der Waals surface area contributed by atoms with Crippen LogP contribution in [0.5, 0.6) is 5.75 Å². The number of pyridine rings is 1. The topological polar surface area (TPSA) is 72.5 Å². The lowest BCUT2D eigenvalue weighted by Gasteiger charge is -2.11. The van der Waals surface area contributed by atoms with Gasteiger partial charge in [0.25, 0.3) is 5.91 Å². The predicted octanol–water partition coefficient (Wildman–Crippen LogP) is 2.79. The summed E-state index contributed by atoms with van der Waals surface area (Å²) in [6, 6.07) is 10.8. The van der Waals surface area contributed by atoms with E-state index < -0.39 is 0 Å². The van der Waals surface area contributed by atoms with Gasteiger partial charge in [0.05, 0.1) is 24.5 Å². The number of anilines is 2. The van der Waals surface area contributed by atoms with Crippen molar-refractivity contribution in [3.63, 3.8) is 0 Å². The molecule has 6 heteroatoms. The first-order valence-electron chi connectivity index (χ1n) is 7.46. The van der Waals surface area contributed by atoms with Crippen LogP contribution in [0.1, 0.15) is 17.3 Å². The van der Waals surface area contributed by atoms with Crippen LogP contribution in [0.15, 0.2) is 42.6 Å². The van der Waals surface area contributed by atoms with Gasteiger partial charge in [0.1, 0.15) is 11.6 Å². The normalized spacial score (nSPS) is 10.2. The van der Waals surface area contributed by atoms with E-state index in [9.17, 15) is 4.79 Å². The van der Waals surface area contributed by atoms with E-state index in [0.29, 0.717) is 42.6 Å². The van der Waals surface area contributed by atoms with Gasteiger partial charge < -0.3 is 20.1 Å². The maximum atomic E-state index is 12.3. The van der Waals surface area contributed by atoms with Crippen LogP contribution in [0.3, 0.4) is 0 Å². The van der Waals surface area contributed by atoms with Crippen LogP contribution in [-0.2, 0) is 4.74 Å². The van der Waals surface area contributed by atoms with Gasteiger partial charge in [-0.25, -0.2) is 4.98 Å². The minimum Gasteiger partial charge on any atom is -0.492 e. The van der Waals surface area contributed by atoms with Crippen LogP contribution >= 0.6 is 0 Å². The molecule has 2 aromatic rings. The molecule has 1 aromatic heterocycles. The maximum Gasteiger partial charge on any atom is 0.257 e. The number of nitrogens with zero attached hydrogens (tertiary/aromatic N) is 1. The third kappa shape index (κ3) is 4.96. The van der Waals surface area contributed by atoms with Crippen LogP contribution in [-0.4, -0.2) is 37.8 Å². The highest BCUT2D eigenvalue weighted by atomic mass is 16.5. The molecule has 0 aliphatic carbocycles. The van der Waals surface area contributed by atoms with Gasteiger partial charge in [0.15, 0.2) is 0 Å². The molecule has 0 bridgehead atoms. The number of benzene rings is 1. The fraction of sp³-hybridized carbons (Fsp3) is 0.294. The second-order valence-electron chi connectivity index (χ2n) is 4.73. The van der Waals surface area contributed by atoms with E-state index >= 15 is 0 Å². The van der Waals surface area contributed by atoms with Crippen LogP contribution in [0, 0.1) is 0 Å². The largest absolute Gasteiger partial charge is 0.492 e. The molecule has 1 amide bonds.